The summed E-state index contributed by atoms with van der Waals surface area (Å²) in [6.07, 6.45) is 0. The van der Waals surface area contributed by atoms with Crippen molar-refractivity contribution in [2.45, 2.75) is 23.7 Å². The van der Waals surface area contributed by atoms with Gasteiger partial charge in [-0.25, -0.2) is 8.42 Å². The summed E-state index contributed by atoms with van der Waals surface area (Å²) in [5.41, 5.74) is 1.19. The summed E-state index contributed by atoms with van der Waals surface area (Å²) >= 11 is 0. The van der Waals surface area contributed by atoms with Gasteiger partial charge in [0.25, 0.3) is 0 Å². The van der Waals surface area contributed by atoms with E-state index in [0.29, 0.717) is 18.9 Å². The predicted molar refractivity (Wildman–Crippen MR) is 96.1 cm³/mol. The number of hydrogen-bond acceptors (Lipinski definition) is 5. The molecule has 0 unspecified atom stereocenters. The van der Waals surface area contributed by atoms with Crippen molar-refractivity contribution in [3.8, 4) is 11.4 Å². The van der Waals surface area contributed by atoms with Crippen LogP contribution in [0.3, 0.4) is 0 Å². The van der Waals surface area contributed by atoms with Crippen molar-refractivity contribution in [1.29, 1.82) is 0 Å². The fourth-order valence-electron chi connectivity index (χ4n) is 3.22. The molecule has 4 rings (SSSR count). The topological polar surface area (TPSA) is 68.1 Å². The van der Waals surface area contributed by atoms with E-state index in [1.54, 1.807) is 17.0 Å². The number of hydrogen-bond donors (Lipinski definition) is 0. The van der Waals surface area contributed by atoms with E-state index in [-0.39, 0.29) is 17.1 Å². The van der Waals surface area contributed by atoms with E-state index in [0.717, 1.165) is 11.4 Å². The van der Waals surface area contributed by atoms with Crippen molar-refractivity contribution in [2.75, 3.05) is 11.4 Å². The second kappa shape index (κ2) is 6.73. The lowest BCUT2D eigenvalue weighted by molar-refractivity contribution is 0.235. The van der Waals surface area contributed by atoms with Gasteiger partial charge in [0.1, 0.15) is 0 Å². The zero-order chi connectivity index (χ0) is 19.0. The molecule has 140 valence electrons. The second-order valence-electron chi connectivity index (χ2n) is 6.15. The molecule has 0 bridgehead atoms. The van der Waals surface area contributed by atoms with Crippen LogP contribution in [0.25, 0.3) is 11.4 Å². The van der Waals surface area contributed by atoms with Crippen LogP contribution in [0.2, 0.25) is 0 Å². The number of aromatic nitrogens is 3. The van der Waals surface area contributed by atoms with Crippen molar-refractivity contribution in [3.05, 3.63) is 60.4 Å². The van der Waals surface area contributed by atoms with Gasteiger partial charge in [0, 0.05) is 18.7 Å². The van der Waals surface area contributed by atoms with E-state index in [1.807, 2.05) is 34.9 Å². The molecule has 2 aromatic carbocycles. The Hall–Kier alpha value is -2.81. The average molecular weight is 390 g/mol. The van der Waals surface area contributed by atoms with Crippen LogP contribution in [0.1, 0.15) is 5.82 Å². The Labute approximate surface area is 155 Å². The van der Waals surface area contributed by atoms with E-state index in [4.69, 9.17) is 0 Å². The second-order valence-corrected chi connectivity index (χ2v) is 8.04. The summed E-state index contributed by atoms with van der Waals surface area (Å²) in [6, 6.07) is 15.5. The summed E-state index contributed by atoms with van der Waals surface area (Å²) in [6.45, 7) is 1.27. The molecule has 0 atom stereocenters. The molecule has 6 nitrogen and oxygen atoms in total. The zero-order valence-corrected chi connectivity index (χ0v) is 15.0. The van der Waals surface area contributed by atoms with Gasteiger partial charge < -0.3 is 9.47 Å². The zero-order valence-electron chi connectivity index (χ0n) is 14.2. The van der Waals surface area contributed by atoms with Gasteiger partial charge in [-0.1, -0.05) is 42.5 Å². The summed E-state index contributed by atoms with van der Waals surface area (Å²) in [4.78, 5) is 1.38. The first-order chi connectivity index (χ1) is 13.0. The molecule has 0 amide bonds. The van der Waals surface area contributed by atoms with Crippen LogP contribution >= 0.6 is 0 Å². The van der Waals surface area contributed by atoms with Gasteiger partial charge >= 0.3 is 5.76 Å². The molecule has 0 fully saturated rings. The smallest absolute Gasteiger partial charge is 0.341 e. The first-order valence-corrected chi connectivity index (χ1v) is 9.86. The molecule has 9 heteroatoms. The van der Waals surface area contributed by atoms with Crippen molar-refractivity contribution in [1.82, 2.24) is 14.8 Å². The van der Waals surface area contributed by atoms with E-state index in [2.05, 4.69) is 10.2 Å². The van der Waals surface area contributed by atoms with E-state index in [1.165, 1.54) is 12.1 Å². The van der Waals surface area contributed by atoms with Gasteiger partial charge in [0.2, 0.25) is 9.84 Å². The molecule has 3 aromatic rings. The maximum atomic E-state index is 13.0. The molecule has 0 N–H and O–H groups in total. The number of rotatable bonds is 4. The SMILES string of the molecule is O=S(=O)(c1ccccc1N1CCn2c(nnc2-c2ccccc2)C1)C(F)F. The molecule has 0 radical (unpaired) electrons. The minimum Gasteiger partial charge on any atom is -0.361 e. The summed E-state index contributed by atoms with van der Waals surface area (Å²) < 4.78 is 52.1. The highest BCUT2D eigenvalue weighted by molar-refractivity contribution is 7.91. The number of alkyl halides is 2. The van der Waals surface area contributed by atoms with Crippen LogP contribution in [0.4, 0.5) is 14.5 Å². The summed E-state index contributed by atoms with van der Waals surface area (Å²) in [5, 5.41) is 8.45. The van der Waals surface area contributed by atoms with Gasteiger partial charge in [0.15, 0.2) is 11.6 Å². The third-order valence-corrected chi connectivity index (χ3v) is 5.96. The molecule has 1 aromatic heterocycles. The van der Waals surface area contributed by atoms with Gasteiger partial charge in [0.05, 0.1) is 17.1 Å². The molecular weight excluding hydrogens is 374 g/mol. The van der Waals surface area contributed by atoms with Crippen molar-refractivity contribution in [3.63, 3.8) is 0 Å². The highest BCUT2D eigenvalue weighted by Crippen LogP contribution is 2.32. The molecule has 27 heavy (non-hydrogen) atoms. The quantitative estimate of drug-likeness (QED) is 0.685. The van der Waals surface area contributed by atoms with Crippen molar-refractivity contribution < 1.29 is 17.2 Å². The van der Waals surface area contributed by atoms with Crippen LogP contribution in [0, 0.1) is 0 Å². The molecule has 0 saturated carbocycles. The molecule has 1 aliphatic rings. The maximum absolute atomic E-state index is 13.0. The number of anilines is 1. The van der Waals surface area contributed by atoms with Gasteiger partial charge in [-0.15, -0.1) is 10.2 Å². The third-order valence-electron chi connectivity index (χ3n) is 4.53. The first-order valence-electron chi connectivity index (χ1n) is 8.32. The van der Waals surface area contributed by atoms with E-state index < -0.39 is 15.6 Å². The maximum Gasteiger partial charge on any atom is 0.341 e. The predicted octanol–water partition coefficient (Wildman–Crippen LogP) is 2.96. The Morgan fingerprint density at radius 3 is 2.37 bits per heavy atom. The minimum atomic E-state index is -4.69. The lowest BCUT2D eigenvalue weighted by Crippen LogP contribution is -2.35. The molecule has 0 aliphatic carbocycles. The van der Waals surface area contributed by atoms with E-state index >= 15 is 0 Å². The molecule has 1 aliphatic heterocycles. The minimum absolute atomic E-state index is 0.258. The highest BCUT2D eigenvalue weighted by atomic mass is 32.2. The largest absolute Gasteiger partial charge is 0.361 e. The molecule has 2 heterocycles. The van der Waals surface area contributed by atoms with Crippen LogP contribution in [-0.4, -0.2) is 35.5 Å². The number of sulfone groups is 1. The standard InChI is InChI=1S/C18H16F2N4O2S/c19-18(20)27(25,26)15-9-5-4-8-14(15)23-10-11-24-16(12-23)21-22-17(24)13-6-2-1-3-7-13/h1-9,18H,10-12H2. The lowest BCUT2D eigenvalue weighted by Gasteiger charge is -2.31. The average Bonchev–Trinajstić information content (AvgIpc) is 3.11. The number of benzene rings is 2. The van der Waals surface area contributed by atoms with E-state index in [9.17, 15) is 17.2 Å². The Morgan fingerprint density at radius 2 is 1.63 bits per heavy atom. The Balaban J connectivity index is 1.69. The summed E-state index contributed by atoms with van der Waals surface area (Å²) in [5.74, 6) is -2.07. The number of halogens is 2. The molecule has 0 spiro atoms. The van der Waals surface area contributed by atoms with Gasteiger partial charge in [-0.2, -0.15) is 8.78 Å². The normalized spacial score (nSPS) is 14.4. The molecular formula is C18H16F2N4O2S. The van der Waals surface area contributed by atoms with Crippen LogP contribution in [0.5, 0.6) is 0 Å². The van der Waals surface area contributed by atoms with Crippen LogP contribution in [0.15, 0.2) is 59.5 Å². The fraction of sp³-hybridized carbons (Fsp3) is 0.222. The fourth-order valence-corrected chi connectivity index (χ4v) is 4.17. The number of nitrogens with zero attached hydrogens (tertiary/aromatic N) is 4. The summed E-state index contributed by atoms with van der Waals surface area (Å²) in [7, 11) is -4.69. The Morgan fingerprint density at radius 1 is 0.926 bits per heavy atom. The Kier molecular flexibility index (Phi) is 4.39. The number of para-hydroxylation sites is 1. The van der Waals surface area contributed by atoms with Crippen molar-refractivity contribution >= 4 is 15.5 Å². The highest BCUT2D eigenvalue weighted by Gasteiger charge is 2.32. The van der Waals surface area contributed by atoms with Gasteiger partial charge in [-0.3, -0.25) is 0 Å². The lowest BCUT2D eigenvalue weighted by atomic mass is 10.2. The van der Waals surface area contributed by atoms with Crippen molar-refractivity contribution in [2.24, 2.45) is 0 Å². The van der Waals surface area contributed by atoms with Crippen LogP contribution in [-0.2, 0) is 22.9 Å². The first kappa shape index (κ1) is 17.6. The Bertz CT molecular complexity index is 1070. The molecule has 0 saturated heterocycles. The third kappa shape index (κ3) is 3.08. The number of fused-ring (bicyclic) bond motifs is 1. The van der Waals surface area contributed by atoms with Crippen LogP contribution < -0.4 is 4.90 Å². The monoisotopic (exact) mass is 390 g/mol. The van der Waals surface area contributed by atoms with Gasteiger partial charge in [-0.05, 0) is 12.1 Å².